The number of amides is 1. The highest BCUT2D eigenvalue weighted by Crippen LogP contribution is 2.31. The van der Waals surface area contributed by atoms with Gasteiger partial charge in [-0.05, 0) is 36.6 Å². The van der Waals surface area contributed by atoms with Gasteiger partial charge in [0.1, 0.15) is 5.75 Å². The lowest BCUT2D eigenvalue weighted by atomic mass is 10.1. The minimum Gasteiger partial charge on any atom is -0.508 e. The van der Waals surface area contributed by atoms with Gasteiger partial charge in [-0.3, -0.25) is 4.79 Å². The lowest BCUT2D eigenvalue weighted by molar-refractivity contribution is 0.0730. The van der Waals surface area contributed by atoms with Gasteiger partial charge in [-0.2, -0.15) is 0 Å². The molecule has 0 spiro atoms. The molecule has 1 amide bonds. The van der Waals surface area contributed by atoms with Crippen molar-refractivity contribution in [1.82, 2.24) is 4.90 Å². The lowest BCUT2D eigenvalue weighted by Gasteiger charge is -2.23. The molecule has 4 heteroatoms. The molecule has 1 saturated carbocycles. The fraction of sp³-hybridized carbons (Fsp3) is 0.235. The highest BCUT2D eigenvalue weighted by molar-refractivity contribution is 5.99. The molecule has 0 aromatic heterocycles. The number of nitrogen functional groups attached to an aromatic ring is 1. The number of aromatic hydroxyl groups is 1. The van der Waals surface area contributed by atoms with Crippen LogP contribution in [0.2, 0.25) is 0 Å². The predicted molar refractivity (Wildman–Crippen MR) is 81.9 cm³/mol. The van der Waals surface area contributed by atoms with Crippen molar-refractivity contribution >= 4 is 11.6 Å². The number of anilines is 1. The van der Waals surface area contributed by atoms with E-state index in [4.69, 9.17) is 5.73 Å². The highest BCUT2D eigenvalue weighted by Gasteiger charge is 2.33. The van der Waals surface area contributed by atoms with Gasteiger partial charge in [-0.15, -0.1) is 0 Å². The van der Waals surface area contributed by atoms with Crippen LogP contribution in [-0.4, -0.2) is 22.0 Å². The van der Waals surface area contributed by atoms with Gasteiger partial charge in [0.25, 0.3) is 5.91 Å². The molecule has 4 nitrogen and oxygen atoms in total. The van der Waals surface area contributed by atoms with Gasteiger partial charge in [0.05, 0.1) is 5.56 Å². The molecule has 0 unspecified atom stereocenters. The lowest BCUT2D eigenvalue weighted by Crippen LogP contribution is -2.33. The van der Waals surface area contributed by atoms with Crippen LogP contribution in [0.25, 0.3) is 0 Å². The molecule has 0 saturated heterocycles. The quantitative estimate of drug-likeness (QED) is 0.669. The number of carbonyl (C=O) groups is 1. The first-order valence-corrected chi connectivity index (χ1v) is 7.08. The van der Waals surface area contributed by atoms with Gasteiger partial charge in [-0.25, -0.2) is 0 Å². The Kier molecular flexibility index (Phi) is 3.52. The zero-order chi connectivity index (χ0) is 14.8. The van der Waals surface area contributed by atoms with Crippen LogP contribution in [-0.2, 0) is 6.54 Å². The Morgan fingerprint density at radius 3 is 2.57 bits per heavy atom. The van der Waals surface area contributed by atoms with Crippen molar-refractivity contribution in [3.63, 3.8) is 0 Å². The Hall–Kier alpha value is -2.49. The molecule has 3 rings (SSSR count). The maximum absolute atomic E-state index is 12.7. The first kappa shape index (κ1) is 13.5. The number of phenolic OH excluding ortho intramolecular Hbond substituents is 1. The molecule has 2 aromatic carbocycles. The van der Waals surface area contributed by atoms with Gasteiger partial charge in [0, 0.05) is 18.3 Å². The summed E-state index contributed by atoms with van der Waals surface area (Å²) < 4.78 is 0. The van der Waals surface area contributed by atoms with Crippen LogP contribution >= 0.6 is 0 Å². The highest BCUT2D eigenvalue weighted by atomic mass is 16.3. The van der Waals surface area contributed by atoms with Crippen LogP contribution in [0.15, 0.2) is 48.5 Å². The number of carbonyl (C=O) groups excluding carboxylic acids is 1. The largest absolute Gasteiger partial charge is 0.508 e. The van der Waals surface area contributed by atoms with Crippen LogP contribution in [0.1, 0.15) is 28.8 Å². The van der Waals surface area contributed by atoms with Crippen molar-refractivity contribution in [3.05, 3.63) is 59.7 Å². The molecule has 0 radical (unpaired) electrons. The van der Waals surface area contributed by atoms with E-state index in [9.17, 15) is 9.90 Å². The van der Waals surface area contributed by atoms with Crippen molar-refractivity contribution in [2.24, 2.45) is 0 Å². The minimum atomic E-state index is -0.116. The van der Waals surface area contributed by atoms with E-state index in [1.165, 1.54) is 12.1 Å². The molecule has 1 aliphatic carbocycles. The van der Waals surface area contributed by atoms with E-state index in [-0.39, 0.29) is 17.7 Å². The fourth-order valence-electron chi connectivity index (χ4n) is 2.42. The summed E-state index contributed by atoms with van der Waals surface area (Å²) in [5, 5.41) is 9.59. The number of hydrogen-bond donors (Lipinski definition) is 2. The van der Waals surface area contributed by atoms with Gasteiger partial charge < -0.3 is 15.7 Å². The molecule has 2 aromatic rings. The zero-order valence-corrected chi connectivity index (χ0v) is 11.7. The summed E-state index contributed by atoms with van der Waals surface area (Å²) in [4.78, 5) is 14.6. The number of phenols is 1. The van der Waals surface area contributed by atoms with E-state index in [0.29, 0.717) is 17.8 Å². The molecule has 0 atom stereocenters. The van der Waals surface area contributed by atoms with E-state index in [1.54, 1.807) is 6.07 Å². The maximum Gasteiger partial charge on any atom is 0.256 e. The third-order valence-corrected chi connectivity index (χ3v) is 3.71. The number of nitrogens with zero attached hydrogens (tertiary/aromatic N) is 1. The summed E-state index contributed by atoms with van der Waals surface area (Å²) >= 11 is 0. The maximum atomic E-state index is 12.7. The van der Waals surface area contributed by atoms with E-state index >= 15 is 0 Å². The third kappa shape index (κ3) is 2.99. The van der Waals surface area contributed by atoms with E-state index in [2.05, 4.69) is 0 Å². The van der Waals surface area contributed by atoms with Gasteiger partial charge in [0.2, 0.25) is 0 Å². The average molecular weight is 282 g/mol. The summed E-state index contributed by atoms with van der Waals surface area (Å²) in [6, 6.07) is 14.7. The van der Waals surface area contributed by atoms with Crippen molar-refractivity contribution in [2.45, 2.75) is 25.4 Å². The number of nitrogens with two attached hydrogens (primary N) is 1. The summed E-state index contributed by atoms with van der Waals surface area (Å²) in [5.74, 6) is -0.0576. The molecule has 3 N–H and O–H groups in total. The van der Waals surface area contributed by atoms with Crippen molar-refractivity contribution in [3.8, 4) is 5.75 Å². The van der Waals surface area contributed by atoms with Gasteiger partial charge in [-0.1, -0.05) is 30.3 Å². The average Bonchev–Trinajstić information content (AvgIpc) is 3.32. The van der Waals surface area contributed by atoms with Crippen LogP contribution in [0.4, 0.5) is 5.69 Å². The Bertz CT molecular complexity index is 651. The van der Waals surface area contributed by atoms with Crippen molar-refractivity contribution in [1.29, 1.82) is 0 Å². The van der Waals surface area contributed by atoms with Gasteiger partial charge in [0.15, 0.2) is 0 Å². The smallest absolute Gasteiger partial charge is 0.256 e. The number of hydrogen-bond acceptors (Lipinski definition) is 3. The standard InChI is InChI=1S/C17H18N2O2/c18-16-9-8-14(20)10-15(16)17(21)19(13-6-7-13)11-12-4-2-1-3-5-12/h1-5,8-10,13,20H,6-7,11,18H2. The Morgan fingerprint density at radius 1 is 1.19 bits per heavy atom. The second-order valence-electron chi connectivity index (χ2n) is 5.42. The van der Waals surface area contributed by atoms with E-state index < -0.39 is 0 Å². The second-order valence-corrected chi connectivity index (χ2v) is 5.42. The topological polar surface area (TPSA) is 66.6 Å². The number of benzene rings is 2. The molecule has 108 valence electrons. The van der Waals surface area contributed by atoms with Crippen molar-refractivity contribution < 1.29 is 9.90 Å². The van der Waals surface area contributed by atoms with Gasteiger partial charge >= 0.3 is 0 Å². The number of rotatable bonds is 4. The minimum absolute atomic E-state index is 0.0583. The fourth-order valence-corrected chi connectivity index (χ4v) is 2.42. The molecule has 0 aliphatic heterocycles. The SMILES string of the molecule is Nc1ccc(O)cc1C(=O)N(Cc1ccccc1)C1CC1. The first-order chi connectivity index (χ1) is 10.1. The summed E-state index contributed by atoms with van der Waals surface area (Å²) in [5.41, 5.74) is 7.75. The van der Waals surface area contributed by atoms with Crippen LogP contribution in [0.3, 0.4) is 0 Å². The Morgan fingerprint density at radius 2 is 1.90 bits per heavy atom. The van der Waals surface area contributed by atoms with E-state index in [1.807, 2.05) is 35.2 Å². The first-order valence-electron chi connectivity index (χ1n) is 7.08. The summed E-state index contributed by atoms with van der Waals surface area (Å²) in [7, 11) is 0. The van der Waals surface area contributed by atoms with Crippen LogP contribution in [0, 0.1) is 0 Å². The third-order valence-electron chi connectivity index (χ3n) is 3.71. The molecular formula is C17H18N2O2. The van der Waals surface area contributed by atoms with E-state index in [0.717, 1.165) is 18.4 Å². The zero-order valence-electron chi connectivity index (χ0n) is 11.7. The predicted octanol–water partition coefficient (Wildman–Crippen LogP) is 2.78. The van der Waals surface area contributed by atoms with Crippen LogP contribution in [0.5, 0.6) is 5.75 Å². The Labute approximate surface area is 123 Å². The molecule has 0 heterocycles. The second kappa shape index (κ2) is 5.48. The summed E-state index contributed by atoms with van der Waals surface area (Å²) in [6.07, 6.45) is 2.05. The molecular weight excluding hydrogens is 264 g/mol. The molecule has 1 aliphatic rings. The molecule has 0 bridgehead atoms. The Balaban J connectivity index is 1.87. The van der Waals surface area contributed by atoms with Crippen molar-refractivity contribution in [2.75, 3.05) is 5.73 Å². The normalized spacial score (nSPS) is 13.9. The van der Waals surface area contributed by atoms with Crippen LogP contribution < -0.4 is 5.73 Å². The molecule has 1 fully saturated rings. The monoisotopic (exact) mass is 282 g/mol. The molecule has 21 heavy (non-hydrogen) atoms. The summed E-state index contributed by atoms with van der Waals surface area (Å²) in [6.45, 7) is 0.569.